The van der Waals surface area contributed by atoms with Crippen LogP contribution in [-0.2, 0) is 5.41 Å². The Morgan fingerprint density at radius 3 is 2.39 bits per heavy atom. The second-order valence-corrected chi connectivity index (χ2v) is 7.54. The van der Waals surface area contributed by atoms with E-state index in [4.69, 9.17) is 0 Å². The van der Waals surface area contributed by atoms with Gasteiger partial charge >= 0.3 is 0 Å². The quantitative estimate of drug-likeness (QED) is 0.796. The molecule has 3 heteroatoms. The van der Waals surface area contributed by atoms with E-state index in [0.29, 0.717) is 6.04 Å². The molecule has 0 aromatic carbocycles. The molecule has 1 aliphatic heterocycles. The van der Waals surface area contributed by atoms with Gasteiger partial charge < -0.3 is 0 Å². The minimum absolute atomic E-state index is 0.214. The number of nitrogens with zero attached hydrogens (tertiary/aromatic N) is 3. The van der Waals surface area contributed by atoms with Crippen molar-refractivity contribution in [1.82, 2.24) is 14.8 Å². The van der Waals surface area contributed by atoms with Crippen molar-refractivity contribution in [2.24, 2.45) is 0 Å². The SMILES string of the molecule is CCC(C)(C)c1ccc(/C=C/CN2CCN(C(C)C)CC2)nc1. The smallest absolute Gasteiger partial charge is 0.0627 e. The zero-order valence-electron chi connectivity index (χ0n) is 15.5. The van der Waals surface area contributed by atoms with Crippen molar-refractivity contribution in [1.29, 1.82) is 0 Å². The molecule has 0 aliphatic carbocycles. The zero-order chi connectivity index (χ0) is 16.9. The van der Waals surface area contributed by atoms with Crippen LogP contribution < -0.4 is 0 Å². The molecule has 0 spiro atoms. The van der Waals surface area contributed by atoms with E-state index in [2.05, 4.69) is 73.7 Å². The van der Waals surface area contributed by atoms with Crippen molar-refractivity contribution in [3.05, 3.63) is 35.7 Å². The number of rotatable bonds is 6. The first kappa shape index (κ1) is 18.2. The lowest BCUT2D eigenvalue weighted by atomic mass is 9.83. The molecule has 1 saturated heterocycles. The van der Waals surface area contributed by atoms with Crippen LogP contribution >= 0.6 is 0 Å². The lowest BCUT2D eigenvalue weighted by Gasteiger charge is -2.36. The molecule has 0 bridgehead atoms. The fraction of sp³-hybridized carbons (Fsp3) is 0.650. The Hall–Kier alpha value is -1.19. The summed E-state index contributed by atoms with van der Waals surface area (Å²) in [4.78, 5) is 9.67. The third-order valence-electron chi connectivity index (χ3n) is 5.24. The third-order valence-corrected chi connectivity index (χ3v) is 5.24. The molecule has 1 aromatic rings. The number of aromatic nitrogens is 1. The summed E-state index contributed by atoms with van der Waals surface area (Å²) < 4.78 is 0. The second-order valence-electron chi connectivity index (χ2n) is 7.54. The summed E-state index contributed by atoms with van der Waals surface area (Å²) in [5, 5.41) is 0. The number of hydrogen-bond donors (Lipinski definition) is 0. The first-order valence-electron chi connectivity index (χ1n) is 9.02. The minimum atomic E-state index is 0.214. The molecule has 0 N–H and O–H groups in total. The highest BCUT2D eigenvalue weighted by Gasteiger charge is 2.18. The van der Waals surface area contributed by atoms with E-state index in [1.165, 1.54) is 31.7 Å². The van der Waals surface area contributed by atoms with Gasteiger partial charge in [-0.3, -0.25) is 14.8 Å². The third kappa shape index (κ3) is 5.15. The maximum atomic E-state index is 4.60. The van der Waals surface area contributed by atoms with Crippen molar-refractivity contribution >= 4 is 6.08 Å². The summed E-state index contributed by atoms with van der Waals surface area (Å²) in [6, 6.07) is 5.03. The van der Waals surface area contributed by atoms with Crippen LogP contribution in [-0.4, -0.2) is 53.5 Å². The van der Waals surface area contributed by atoms with Gasteiger partial charge in [-0.05, 0) is 43.4 Å². The fourth-order valence-corrected chi connectivity index (χ4v) is 2.89. The lowest BCUT2D eigenvalue weighted by Crippen LogP contribution is -2.48. The molecule has 1 aliphatic rings. The lowest BCUT2D eigenvalue weighted by molar-refractivity contribution is 0.117. The Balaban J connectivity index is 1.82. The highest BCUT2D eigenvalue weighted by molar-refractivity contribution is 5.45. The molecule has 0 radical (unpaired) electrons. The van der Waals surface area contributed by atoms with Crippen LogP contribution in [0.2, 0.25) is 0 Å². The first-order chi connectivity index (χ1) is 10.9. The minimum Gasteiger partial charge on any atom is -0.298 e. The number of pyridine rings is 1. The van der Waals surface area contributed by atoms with Crippen molar-refractivity contribution < 1.29 is 0 Å². The Kier molecular flexibility index (Phi) is 6.37. The maximum absolute atomic E-state index is 4.60. The average molecular weight is 316 g/mol. The van der Waals surface area contributed by atoms with Gasteiger partial charge in [0.1, 0.15) is 0 Å². The monoisotopic (exact) mass is 315 g/mol. The van der Waals surface area contributed by atoms with E-state index in [9.17, 15) is 0 Å². The van der Waals surface area contributed by atoms with Crippen molar-refractivity contribution in [2.45, 2.75) is 52.5 Å². The Morgan fingerprint density at radius 1 is 1.17 bits per heavy atom. The highest BCUT2D eigenvalue weighted by atomic mass is 15.3. The van der Waals surface area contributed by atoms with Gasteiger partial charge in [-0.2, -0.15) is 0 Å². The topological polar surface area (TPSA) is 19.4 Å². The summed E-state index contributed by atoms with van der Waals surface area (Å²) >= 11 is 0. The molecule has 2 heterocycles. The van der Waals surface area contributed by atoms with Crippen LogP contribution in [0.3, 0.4) is 0 Å². The van der Waals surface area contributed by atoms with Gasteiger partial charge in [0.15, 0.2) is 0 Å². The van der Waals surface area contributed by atoms with Crippen LogP contribution in [0.15, 0.2) is 24.4 Å². The summed E-state index contributed by atoms with van der Waals surface area (Å²) in [6.45, 7) is 17.1. The van der Waals surface area contributed by atoms with Crippen LogP contribution in [0, 0.1) is 0 Å². The number of piperazine rings is 1. The highest BCUT2D eigenvalue weighted by Crippen LogP contribution is 2.25. The van der Waals surface area contributed by atoms with E-state index in [1.807, 2.05) is 6.20 Å². The summed E-state index contributed by atoms with van der Waals surface area (Å²) in [7, 11) is 0. The first-order valence-corrected chi connectivity index (χ1v) is 9.02. The molecule has 0 saturated carbocycles. The predicted octanol–water partition coefficient (Wildman–Crippen LogP) is 3.81. The van der Waals surface area contributed by atoms with Gasteiger partial charge in [0.2, 0.25) is 0 Å². The zero-order valence-corrected chi connectivity index (χ0v) is 15.5. The van der Waals surface area contributed by atoms with Gasteiger partial charge in [0.25, 0.3) is 0 Å². The standard InChI is InChI=1S/C20H33N3/c1-6-20(4,5)18-9-10-19(21-16-18)8-7-11-22-12-14-23(15-13-22)17(2)3/h7-10,16-17H,6,11-15H2,1-5H3/b8-7+. The van der Waals surface area contributed by atoms with Crippen molar-refractivity contribution in [3.8, 4) is 0 Å². The van der Waals surface area contributed by atoms with Gasteiger partial charge in [-0.25, -0.2) is 0 Å². The van der Waals surface area contributed by atoms with E-state index in [-0.39, 0.29) is 5.41 Å². The van der Waals surface area contributed by atoms with Gasteiger partial charge in [0.05, 0.1) is 5.69 Å². The van der Waals surface area contributed by atoms with Crippen molar-refractivity contribution in [3.63, 3.8) is 0 Å². The molecule has 128 valence electrons. The molecular weight excluding hydrogens is 282 g/mol. The average Bonchev–Trinajstić information content (AvgIpc) is 2.56. The van der Waals surface area contributed by atoms with E-state index >= 15 is 0 Å². The molecule has 2 rings (SSSR count). The Morgan fingerprint density at radius 2 is 1.87 bits per heavy atom. The molecular formula is C20H33N3. The molecule has 1 fully saturated rings. The molecule has 0 unspecified atom stereocenters. The molecule has 1 aromatic heterocycles. The molecule has 0 amide bonds. The maximum Gasteiger partial charge on any atom is 0.0627 e. The van der Waals surface area contributed by atoms with Crippen molar-refractivity contribution in [2.75, 3.05) is 32.7 Å². The van der Waals surface area contributed by atoms with E-state index in [1.54, 1.807) is 0 Å². The molecule has 0 atom stereocenters. The summed E-state index contributed by atoms with van der Waals surface area (Å²) in [6.07, 6.45) is 7.56. The van der Waals surface area contributed by atoms with Crippen LogP contribution in [0.1, 0.15) is 52.3 Å². The Bertz CT molecular complexity index is 494. The normalized spacial score (nSPS) is 18.2. The van der Waals surface area contributed by atoms with Crippen LogP contribution in [0.4, 0.5) is 0 Å². The van der Waals surface area contributed by atoms with E-state index < -0.39 is 0 Å². The van der Waals surface area contributed by atoms with Gasteiger partial charge in [0, 0.05) is 45.0 Å². The van der Waals surface area contributed by atoms with Crippen LogP contribution in [0.5, 0.6) is 0 Å². The molecule has 3 nitrogen and oxygen atoms in total. The number of hydrogen-bond acceptors (Lipinski definition) is 3. The summed E-state index contributed by atoms with van der Waals surface area (Å²) in [5.41, 5.74) is 2.59. The predicted molar refractivity (Wildman–Crippen MR) is 99.7 cm³/mol. The fourth-order valence-electron chi connectivity index (χ4n) is 2.89. The van der Waals surface area contributed by atoms with Gasteiger partial charge in [-0.1, -0.05) is 32.9 Å². The van der Waals surface area contributed by atoms with E-state index in [0.717, 1.165) is 18.7 Å². The second kappa shape index (κ2) is 8.07. The van der Waals surface area contributed by atoms with Crippen LogP contribution in [0.25, 0.3) is 6.08 Å². The largest absolute Gasteiger partial charge is 0.298 e. The van der Waals surface area contributed by atoms with Gasteiger partial charge in [-0.15, -0.1) is 0 Å². The molecule has 23 heavy (non-hydrogen) atoms. The Labute approximate surface area is 142 Å². The summed E-state index contributed by atoms with van der Waals surface area (Å²) in [5.74, 6) is 0.